The van der Waals surface area contributed by atoms with Crippen molar-refractivity contribution in [1.82, 2.24) is 0 Å². The van der Waals surface area contributed by atoms with Crippen LogP contribution in [0.1, 0.15) is 39.5 Å². The molecule has 0 aromatic heterocycles. The molecule has 0 amide bonds. The monoisotopic (exact) mass is 160 g/mol. The maximum Gasteiger partial charge on any atom is 0.0587 e. The van der Waals surface area contributed by atoms with Gasteiger partial charge in [0.2, 0.25) is 0 Å². The van der Waals surface area contributed by atoms with Gasteiger partial charge in [-0.05, 0) is 6.42 Å². The zero-order valence-corrected chi connectivity index (χ0v) is 7.58. The van der Waals surface area contributed by atoms with Gasteiger partial charge in [0.15, 0.2) is 0 Å². The normalized spacial score (nSPS) is 16.4. The van der Waals surface area contributed by atoms with Crippen LogP contribution in [0.5, 0.6) is 0 Å². The van der Waals surface area contributed by atoms with Crippen LogP contribution in [0.4, 0.5) is 0 Å². The minimum atomic E-state index is -0.313. The minimum Gasteiger partial charge on any atom is -0.396 e. The second-order valence-electron chi connectivity index (χ2n) is 3.22. The van der Waals surface area contributed by atoms with Crippen molar-refractivity contribution >= 4 is 0 Å². The van der Waals surface area contributed by atoms with Gasteiger partial charge in [-0.15, -0.1) is 0 Å². The largest absolute Gasteiger partial charge is 0.396 e. The highest BCUT2D eigenvalue weighted by Gasteiger charge is 2.11. The van der Waals surface area contributed by atoms with Crippen LogP contribution in [0.2, 0.25) is 0 Å². The summed E-state index contributed by atoms with van der Waals surface area (Å²) in [6.45, 7) is 4.10. The summed E-state index contributed by atoms with van der Waals surface area (Å²) >= 11 is 0. The molecule has 2 heteroatoms. The van der Waals surface area contributed by atoms with E-state index < -0.39 is 0 Å². The molecule has 0 aliphatic rings. The molecule has 0 aliphatic heterocycles. The van der Waals surface area contributed by atoms with E-state index in [2.05, 4.69) is 6.92 Å². The van der Waals surface area contributed by atoms with Crippen LogP contribution in [0.25, 0.3) is 0 Å². The standard InChI is InChI=1S/C9H20O2/c1-3-4-5-6-9(11)8(2)7-10/h8-11H,3-7H2,1-2H3/t8-,9-/m0/s1. The van der Waals surface area contributed by atoms with Crippen molar-refractivity contribution in [3.63, 3.8) is 0 Å². The first-order valence-corrected chi connectivity index (χ1v) is 4.51. The average molecular weight is 160 g/mol. The van der Waals surface area contributed by atoms with Crippen LogP contribution in [-0.4, -0.2) is 22.9 Å². The van der Waals surface area contributed by atoms with E-state index in [4.69, 9.17) is 5.11 Å². The van der Waals surface area contributed by atoms with Crippen molar-refractivity contribution in [2.24, 2.45) is 5.92 Å². The Morgan fingerprint density at radius 1 is 1.27 bits per heavy atom. The zero-order chi connectivity index (χ0) is 8.69. The van der Waals surface area contributed by atoms with Crippen molar-refractivity contribution in [2.75, 3.05) is 6.61 Å². The fourth-order valence-electron chi connectivity index (χ4n) is 1.01. The smallest absolute Gasteiger partial charge is 0.0587 e. The molecule has 0 bridgehead atoms. The van der Waals surface area contributed by atoms with E-state index in [0.717, 1.165) is 12.8 Å². The van der Waals surface area contributed by atoms with Crippen molar-refractivity contribution in [3.05, 3.63) is 0 Å². The van der Waals surface area contributed by atoms with E-state index in [9.17, 15) is 5.11 Å². The third-order valence-electron chi connectivity index (χ3n) is 2.05. The molecule has 0 aromatic rings. The second kappa shape index (κ2) is 6.62. The van der Waals surface area contributed by atoms with E-state index in [0.29, 0.717) is 0 Å². The summed E-state index contributed by atoms with van der Waals surface area (Å²) in [4.78, 5) is 0. The Hall–Kier alpha value is -0.0800. The SMILES string of the molecule is CCCCC[C@H](O)[C@@H](C)CO. The van der Waals surface area contributed by atoms with Crippen molar-refractivity contribution < 1.29 is 10.2 Å². The first-order valence-electron chi connectivity index (χ1n) is 4.51. The molecule has 0 saturated heterocycles. The van der Waals surface area contributed by atoms with Gasteiger partial charge < -0.3 is 10.2 Å². The van der Waals surface area contributed by atoms with E-state index >= 15 is 0 Å². The number of hydrogen-bond donors (Lipinski definition) is 2. The third kappa shape index (κ3) is 5.22. The topological polar surface area (TPSA) is 40.5 Å². The molecule has 68 valence electrons. The summed E-state index contributed by atoms with van der Waals surface area (Å²) in [6.07, 6.45) is 3.94. The fourth-order valence-corrected chi connectivity index (χ4v) is 1.01. The van der Waals surface area contributed by atoms with Gasteiger partial charge in [-0.3, -0.25) is 0 Å². The third-order valence-corrected chi connectivity index (χ3v) is 2.05. The lowest BCUT2D eigenvalue weighted by molar-refractivity contribution is 0.0686. The quantitative estimate of drug-likeness (QED) is 0.579. The summed E-state index contributed by atoms with van der Waals surface area (Å²) in [5, 5.41) is 18.1. The van der Waals surface area contributed by atoms with Crippen molar-refractivity contribution in [2.45, 2.75) is 45.6 Å². The van der Waals surface area contributed by atoms with Crippen LogP contribution in [0.3, 0.4) is 0 Å². The molecule has 2 nitrogen and oxygen atoms in total. The number of unbranched alkanes of at least 4 members (excludes halogenated alkanes) is 2. The van der Waals surface area contributed by atoms with E-state index in [-0.39, 0.29) is 18.6 Å². The van der Waals surface area contributed by atoms with Gasteiger partial charge >= 0.3 is 0 Å². The molecule has 0 fully saturated rings. The molecular weight excluding hydrogens is 140 g/mol. The van der Waals surface area contributed by atoms with Gasteiger partial charge in [0.05, 0.1) is 6.10 Å². The highest BCUT2D eigenvalue weighted by molar-refractivity contribution is 4.62. The van der Waals surface area contributed by atoms with Gasteiger partial charge in [-0.2, -0.15) is 0 Å². The highest BCUT2D eigenvalue weighted by Crippen LogP contribution is 2.10. The van der Waals surface area contributed by atoms with Crippen LogP contribution >= 0.6 is 0 Å². The maximum absolute atomic E-state index is 9.38. The molecule has 0 aliphatic carbocycles. The number of aliphatic hydroxyl groups excluding tert-OH is 2. The van der Waals surface area contributed by atoms with Gasteiger partial charge in [-0.1, -0.05) is 33.1 Å². The molecule has 0 saturated carbocycles. The van der Waals surface area contributed by atoms with Crippen LogP contribution in [-0.2, 0) is 0 Å². The van der Waals surface area contributed by atoms with Crippen LogP contribution in [0.15, 0.2) is 0 Å². The molecule has 2 N–H and O–H groups in total. The Bertz CT molecular complexity index is 83.6. The van der Waals surface area contributed by atoms with Gasteiger partial charge in [0.1, 0.15) is 0 Å². The van der Waals surface area contributed by atoms with E-state index in [1.54, 1.807) is 0 Å². The molecule has 0 rings (SSSR count). The summed E-state index contributed by atoms with van der Waals surface area (Å²) in [7, 11) is 0. The lowest BCUT2D eigenvalue weighted by atomic mass is 10.0. The lowest BCUT2D eigenvalue weighted by Gasteiger charge is -2.15. The first-order chi connectivity index (χ1) is 5.22. The number of rotatable bonds is 6. The van der Waals surface area contributed by atoms with Crippen LogP contribution in [0, 0.1) is 5.92 Å². The zero-order valence-electron chi connectivity index (χ0n) is 7.58. The molecule has 11 heavy (non-hydrogen) atoms. The predicted octanol–water partition coefficient (Wildman–Crippen LogP) is 1.56. The molecule has 0 heterocycles. The van der Waals surface area contributed by atoms with Gasteiger partial charge in [-0.25, -0.2) is 0 Å². The Balaban J connectivity index is 3.28. The Labute approximate surface area is 69.2 Å². The molecule has 0 spiro atoms. The van der Waals surface area contributed by atoms with E-state index in [1.807, 2.05) is 6.92 Å². The summed E-state index contributed by atoms with van der Waals surface area (Å²) in [5.74, 6) is 0.0341. The summed E-state index contributed by atoms with van der Waals surface area (Å²) < 4.78 is 0. The van der Waals surface area contributed by atoms with Crippen molar-refractivity contribution in [1.29, 1.82) is 0 Å². The van der Waals surface area contributed by atoms with E-state index in [1.165, 1.54) is 12.8 Å². The number of hydrogen-bond acceptors (Lipinski definition) is 2. The van der Waals surface area contributed by atoms with Gasteiger partial charge in [0, 0.05) is 12.5 Å². The molecule has 0 aromatic carbocycles. The first kappa shape index (κ1) is 10.9. The molecule has 2 atom stereocenters. The second-order valence-corrected chi connectivity index (χ2v) is 3.22. The Morgan fingerprint density at radius 3 is 2.36 bits per heavy atom. The molecule has 0 unspecified atom stereocenters. The maximum atomic E-state index is 9.38. The minimum absolute atomic E-state index is 0.0341. The highest BCUT2D eigenvalue weighted by atomic mass is 16.3. The molecule has 0 radical (unpaired) electrons. The predicted molar refractivity (Wildman–Crippen MR) is 46.4 cm³/mol. The fraction of sp³-hybridized carbons (Fsp3) is 1.00. The summed E-state index contributed by atoms with van der Waals surface area (Å²) in [5.41, 5.74) is 0. The van der Waals surface area contributed by atoms with Crippen molar-refractivity contribution in [3.8, 4) is 0 Å². The Morgan fingerprint density at radius 2 is 1.91 bits per heavy atom. The number of aliphatic hydroxyl groups is 2. The average Bonchev–Trinajstić information content (AvgIpc) is 2.03. The summed E-state index contributed by atoms with van der Waals surface area (Å²) in [6, 6.07) is 0. The lowest BCUT2D eigenvalue weighted by Crippen LogP contribution is -2.20. The van der Waals surface area contributed by atoms with Crippen LogP contribution < -0.4 is 0 Å². The Kier molecular flexibility index (Phi) is 6.57. The van der Waals surface area contributed by atoms with Gasteiger partial charge in [0.25, 0.3) is 0 Å². The molecular formula is C9H20O2.